The molecule has 15 heavy (non-hydrogen) atoms. The fourth-order valence-corrected chi connectivity index (χ4v) is 1.40. The van der Waals surface area contributed by atoms with Gasteiger partial charge in [0.25, 0.3) is 0 Å². The summed E-state index contributed by atoms with van der Waals surface area (Å²) < 4.78 is 0. The van der Waals surface area contributed by atoms with Crippen LogP contribution in [0.15, 0.2) is 36.7 Å². The number of rotatable bonds is 1. The van der Waals surface area contributed by atoms with Crippen molar-refractivity contribution >= 4 is 17.1 Å². The van der Waals surface area contributed by atoms with Gasteiger partial charge in [-0.15, -0.1) is 0 Å². The van der Waals surface area contributed by atoms with Crippen LogP contribution in [0.2, 0.25) is 0 Å². The van der Waals surface area contributed by atoms with Gasteiger partial charge >= 0.3 is 0 Å². The molecule has 0 fully saturated rings. The number of carbonyl (C=O) groups excluding carboxylic acids is 1. The highest BCUT2D eigenvalue weighted by atomic mass is 16.1. The van der Waals surface area contributed by atoms with Gasteiger partial charge in [-0.2, -0.15) is 0 Å². The number of benzene rings is 1. The van der Waals surface area contributed by atoms with Crippen LogP contribution < -0.4 is 0 Å². The van der Waals surface area contributed by atoms with Gasteiger partial charge in [-0.25, -0.2) is 0 Å². The molecule has 1 heterocycles. The molecule has 0 aliphatic rings. The molecule has 2 aromatic rings. The summed E-state index contributed by atoms with van der Waals surface area (Å²) in [7, 11) is 0. The zero-order valence-electron chi connectivity index (χ0n) is 8.10. The van der Waals surface area contributed by atoms with Gasteiger partial charge in [-0.3, -0.25) is 4.98 Å². The summed E-state index contributed by atoms with van der Waals surface area (Å²) in [5, 5.41) is 2.14. The van der Waals surface area contributed by atoms with Crippen molar-refractivity contribution in [3.05, 3.63) is 42.2 Å². The first-order chi connectivity index (χ1) is 7.42. The Balaban J connectivity index is 2.52. The van der Waals surface area contributed by atoms with Gasteiger partial charge in [-0.1, -0.05) is 36.1 Å². The Labute approximate surface area is 88.0 Å². The molecular formula is C13H9NO. The Morgan fingerprint density at radius 2 is 2.13 bits per heavy atom. The lowest BCUT2D eigenvalue weighted by Gasteiger charge is -1.98. The summed E-state index contributed by atoms with van der Waals surface area (Å²) in [4.78, 5) is 14.2. The minimum Gasteiger partial charge on any atom is -0.302 e. The van der Waals surface area contributed by atoms with E-state index in [0.717, 1.165) is 22.6 Å². The van der Waals surface area contributed by atoms with Crippen LogP contribution in [0.1, 0.15) is 12.0 Å². The van der Waals surface area contributed by atoms with Crippen molar-refractivity contribution in [3.63, 3.8) is 0 Å². The van der Waals surface area contributed by atoms with Crippen molar-refractivity contribution in [3.8, 4) is 11.8 Å². The van der Waals surface area contributed by atoms with Crippen LogP contribution in [0.4, 0.5) is 0 Å². The average Bonchev–Trinajstić information content (AvgIpc) is 2.30. The van der Waals surface area contributed by atoms with E-state index >= 15 is 0 Å². The zero-order chi connectivity index (χ0) is 10.5. The van der Waals surface area contributed by atoms with E-state index in [1.807, 2.05) is 24.3 Å². The number of fused-ring (bicyclic) bond motifs is 1. The van der Waals surface area contributed by atoms with E-state index in [9.17, 15) is 4.79 Å². The van der Waals surface area contributed by atoms with Gasteiger partial charge in [0, 0.05) is 23.2 Å². The van der Waals surface area contributed by atoms with Crippen LogP contribution in [-0.4, -0.2) is 11.3 Å². The number of pyridine rings is 1. The Bertz CT molecular complexity index is 544. The maximum Gasteiger partial charge on any atom is 0.131 e. The van der Waals surface area contributed by atoms with E-state index in [2.05, 4.69) is 16.8 Å². The molecule has 2 rings (SSSR count). The summed E-state index contributed by atoms with van der Waals surface area (Å²) in [5.74, 6) is 5.73. The normalized spacial score (nSPS) is 9.33. The minimum absolute atomic E-state index is 0.267. The molecule has 0 unspecified atom stereocenters. The standard InChI is InChI=1S/C13H9NO/c15-8-4-3-6-12-10-14-9-11-5-1-2-7-13(11)12/h1-2,5,7-10H,4H2. The van der Waals surface area contributed by atoms with Gasteiger partial charge in [-0.05, 0) is 0 Å². The van der Waals surface area contributed by atoms with Crippen molar-refractivity contribution < 1.29 is 4.79 Å². The second-order valence-electron chi connectivity index (χ2n) is 3.08. The van der Waals surface area contributed by atoms with Crippen molar-refractivity contribution in [1.29, 1.82) is 0 Å². The van der Waals surface area contributed by atoms with Crippen molar-refractivity contribution in [2.45, 2.75) is 6.42 Å². The highest BCUT2D eigenvalue weighted by Crippen LogP contribution is 2.15. The topological polar surface area (TPSA) is 30.0 Å². The van der Waals surface area contributed by atoms with Gasteiger partial charge in [0.05, 0.1) is 12.0 Å². The molecule has 0 saturated carbocycles. The molecule has 2 nitrogen and oxygen atoms in total. The third-order valence-electron chi connectivity index (χ3n) is 2.08. The van der Waals surface area contributed by atoms with Crippen molar-refractivity contribution in [1.82, 2.24) is 4.98 Å². The number of hydrogen-bond acceptors (Lipinski definition) is 2. The first-order valence-electron chi connectivity index (χ1n) is 4.67. The molecule has 72 valence electrons. The number of aldehydes is 1. The lowest BCUT2D eigenvalue weighted by molar-refractivity contribution is -0.107. The van der Waals surface area contributed by atoms with E-state index in [4.69, 9.17) is 0 Å². The molecule has 0 bridgehead atoms. The van der Waals surface area contributed by atoms with Crippen molar-refractivity contribution in [2.75, 3.05) is 0 Å². The third kappa shape index (κ3) is 2.03. The zero-order valence-corrected chi connectivity index (χ0v) is 8.10. The van der Waals surface area contributed by atoms with Gasteiger partial charge in [0.1, 0.15) is 6.29 Å². The van der Waals surface area contributed by atoms with E-state index in [-0.39, 0.29) is 6.42 Å². The first kappa shape index (κ1) is 9.42. The molecule has 0 spiro atoms. The average molecular weight is 195 g/mol. The highest BCUT2D eigenvalue weighted by Gasteiger charge is 1.96. The van der Waals surface area contributed by atoms with Crippen LogP contribution in [0.5, 0.6) is 0 Å². The Hall–Kier alpha value is -2.14. The molecule has 1 aromatic heterocycles. The van der Waals surface area contributed by atoms with Crippen LogP contribution in [-0.2, 0) is 4.79 Å². The number of aromatic nitrogens is 1. The summed E-state index contributed by atoms with van der Waals surface area (Å²) in [6, 6.07) is 7.93. The minimum atomic E-state index is 0.267. The predicted octanol–water partition coefficient (Wildman–Crippen LogP) is 2.18. The lowest BCUT2D eigenvalue weighted by Crippen LogP contribution is -1.82. The Kier molecular flexibility index (Phi) is 2.75. The number of hydrogen-bond donors (Lipinski definition) is 0. The molecule has 1 aromatic carbocycles. The molecule has 0 aliphatic carbocycles. The molecule has 0 radical (unpaired) electrons. The lowest BCUT2D eigenvalue weighted by atomic mass is 10.1. The first-order valence-corrected chi connectivity index (χ1v) is 4.67. The summed E-state index contributed by atoms with van der Waals surface area (Å²) >= 11 is 0. The van der Waals surface area contributed by atoms with E-state index in [1.165, 1.54) is 0 Å². The Morgan fingerprint density at radius 1 is 1.27 bits per heavy atom. The van der Waals surface area contributed by atoms with Gasteiger partial charge < -0.3 is 4.79 Å². The van der Waals surface area contributed by atoms with E-state index in [1.54, 1.807) is 12.4 Å². The molecule has 0 atom stereocenters. The second-order valence-corrected chi connectivity index (χ2v) is 3.08. The van der Waals surface area contributed by atoms with Crippen molar-refractivity contribution in [2.24, 2.45) is 0 Å². The predicted molar refractivity (Wildman–Crippen MR) is 59.3 cm³/mol. The number of carbonyl (C=O) groups is 1. The fraction of sp³-hybridized carbons (Fsp3) is 0.0769. The second kappa shape index (κ2) is 4.39. The van der Waals surface area contributed by atoms with Crippen LogP contribution >= 0.6 is 0 Å². The van der Waals surface area contributed by atoms with E-state index in [0.29, 0.717) is 0 Å². The monoisotopic (exact) mass is 195 g/mol. The SMILES string of the molecule is O=CCC#Cc1cncc2ccccc12. The van der Waals surface area contributed by atoms with Gasteiger partial charge in [0.15, 0.2) is 0 Å². The van der Waals surface area contributed by atoms with Crippen LogP contribution in [0.25, 0.3) is 10.8 Å². The maximum atomic E-state index is 10.1. The number of nitrogens with zero attached hydrogens (tertiary/aromatic N) is 1. The molecule has 0 N–H and O–H groups in total. The smallest absolute Gasteiger partial charge is 0.131 e. The quantitative estimate of drug-likeness (QED) is 0.515. The molecular weight excluding hydrogens is 186 g/mol. The summed E-state index contributed by atoms with van der Waals surface area (Å²) in [6.45, 7) is 0. The molecule has 0 aliphatic heterocycles. The maximum absolute atomic E-state index is 10.1. The summed E-state index contributed by atoms with van der Waals surface area (Å²) in [5.41, 5.74) is 0.870. The molecule has 0 amide bonds. The molecule has 2 heteroatoms. The van der Waals surface area contributed by atoms with Crippen LogP contribution in [0, 0.1) is 11.8 Å². The fourth-order valence-electron chi connectivity index (χ4n) is 1.40. The summed E-state index contributed by atoms with van der Waals surface area (Å²) in [6.07, 6.45) is 4.59. The van der Waals surface area contributed by atoms with E-state index < -0.39 is 0 Å². The third-order valence-corrected chi connectivity index (χ3v) is 2.08. The molecule has 0 saturated heterocycles. The Morgan fingerprint density at radius 3 is 3.00 bits per heavy atom. The van der Waals surface area contributed by atoms with Gasteiger partial charge in [0.2, 0.25) is 0 Å². The largest absolute Gasteiger partial charge is 0.302 e. The highest BCUT2D eigenvalue weighted by molar-refractivity contribution is 5.87. The van der Waals surface area contributed by atoms with Crippen LogP contribution in [0.3, 0.4) is 0 Å².